The fraction of sp³-hybridized carbons (Fsp3) is 0.200. The van der Waals surface area contributed by atoms with Crippen LogP contribution in [-0.2, 0) is 17.8 Å². The molecule has 1 N–H and O–H groups in total. The first kappa shape index (κ1) is 14.0. The van der Waals surface area contributed by atoms with Crippen molar-refractivity contribution in [3.05, 3.63) is 54.4 Å². The van der Waals surface area contributed by atoms with Crippen molar-refractivity contribution < 1.29 is 13.7 Å². The number of aryl methyl sites for hydroxylation is 1. The van der Waals surface area contributed by atoms with E-state index in [0.29, 0.717) is 30.4 Å². The molecule has 0 radical (unpaired) electrons. The average molecular weight is 298 g/mol. The largest absolute Gasteiger partial charge is 0.461 e. The van der Waals surface area contributed by atoms with Crippen LogP contribution in [0, 0.1) is 0 Å². The van der Waals surface area contributed by atoms with Crippen LogP contribution in [0.25, 0.3) is 11.6 Å². The van der Waals surface area contributed by atoms with Gasteiger partial charge in [0.1, 0.15) is 0 Å². The number of nitrogens with zero attached hydrogens (tertiary/aromatic N) is 3. The van der Waals surface area contributed by atoms with Crippen LogP contribution in [0.4, 0.5) is 0 Å². The summed E-state index contributed by atoms with van der Waals surface area (Å²) in [5.74, 6) is 1.25. The molecular weight excluding hydrogens is 284 g/mol. The highest BCUT2D eigenvalue weighted by atomic mass is 16.5. The van der Waals surface area contributed by atoms with Gasteiger partial charge in [-0.2, -0.15) is 4.98 Å². The van der Waals surface area contributed by atoms with Crippen molar-refractivity contribution in [3.8, 4) is 11.6 Å². The summed E-state index contributed by atoms with van der Waals surface area (Å²) < 4.78 is 10.3. The van der Waals surface area contributed by atoms with Crippen LogP contribution in [-0.4, -0.2) is 21.0 Å². The molecule has 0 aromatic carbocycles. The number of nitrogens with one attached hydrogen (secondary N) is 1. The van der Waals surface area contributed by atoms with Crippen molar-refractivity contribution in [3.63, 3.8) is 0 Å². The van der Waals surface area contributed by atoms with E-state index in [2.05, 4.69) is 20.4 Å². The summed E-state index contributed by atoms with van der Waals surface area (Å²) in [6.45, 7) is 0.453. The molecular formula is C15H14N4O3. The number of aromatic nitrogens is 3. The second-order valence-electron chi connectivity index (χ2n) is 4.63. The number of pyridine rings is 1. The molecule has 3 heterocycles. The molecule has 7 heteroatoms. The summed E-state index contributed by atoms with van der Waals surface area (Å²) >= 11 is 0. The van der Waals surface area contributed by atoms with Gasteiger partial charge in [-0.15, -0.1) is 0 Å². The van der Waals surface area contributed by atoms with Gasteiger partial charge in [-0.3, -0.25) is 9.78 Å². The van der Waals surface area contributed by atoms with E-state index in [9.17, 15) is 4.79 Å². The third kappa shape index (κ3) is 3.57. The summed E-state index contributed by atoms with van der Waals surface area (Å²) in [5, 5.41) is 6.63. The lowest BCUT2D eigenvalue weighted by atomic mass is 10.2. The minimum atomic E-state index is -0.0819. The molecule has 0 atom stereocenters. The summed E-state index contributed by atoms with van der Waals surface area (Å²) in [7, 11) is 0. The van der Waals surface area contributed by atoms with Gasteiger partial charge >= 0.3 is 0 Å². The van der Waals surface area contributed by atoms with Crippen LogP contribution >= 0.6 is 0 Å². The Morgan fingerprint density at radius 1 is 1.27 bits per heavy atom. The molecule has 3 aromatic rings. The summed E-state index contributed by atoms with van der Waals surface area (Å²) in [5.41, 5.74) is 0.953. The number of furan rings is 1. The van der Waals surface area contributed by atoms with E-state index in [-0.39, 0.29) is 12.3 Å². The second kappa shape index (κ2) is 6.66. The van der Waals surface area contributed by atoms with Gasteiger partial charge in [0.05, 0.1) is 6.26 Å². The molecule has 0 aliphatic carbocycles. The van der Waals surface area contributed by atoms with Gasteiger partial charge in [-0.25, -0.2) is 0 Å². The van der Waals surface area contributed by atoms with Crippen LogP contribution in [0.1, 0.15) is 17.9 Å². The van der Waals surface area contributed by atoms with Crippen molar-refractivity contribution in [1.29, 1.82) is 0 Å². The van der Waals surface area contributed by atoms with Crippen LogP contribution in [0.5, 0.6) is 0 Å². The molecule has 3 aromatic heterocycles. The number of amides is 1. The lowest BCUT2D eigenvalue weighted by molar-refractivity contribution is -0.121. The van der Waals surface area contributed by atoms with Crippen molar-refractivity contribution in [1.82, 2.24) is 20.4 Å². The SMILES string of the molecule is O=C(CCc1nc(-c2ccco2)no1)NCc1cccnc1. The van der Waals surface area contributed by atoms with Crippen LogP contribution in [0.3, 0.4) is 0 Å². The highest BCUT2D eigenvalue weighted by molar-refractivity contribution is 5.76. The number of rotatable bonds is 6. The number of hydrogen-bond acceptors (Lipinski definition) is 6. The first-order valence-corrected chi connectivity index (χ1v) is 6.83. The molecule has 7 nitrogen and oxygen atoms in total. The fourth-order valence-corrected chi connectivity index (χ4v) is 1.87. The molecule has 0 saturated carbocycles. The zero-order valence-electron chi connectivity index (χ0n) is 11.7. The van der Waals surface area contributed by atoms with Gasteiger partial charge in [0.2, 0.25) is 17.6 Å². The maximum absolute atomic E-state index is 11.8. The molecule has 3 rings (SSSR count). The number of carbonyl (C=O) groups excluding carboxylic acids is 1. The third-order valence-electron chi connectivity index (χ3n) is 2.99. The Bertz CT molecular complexity index is 722. The Balaban J connectivity index is 1.47. The maximum Gasteiger partial charge on any atom is 0.238 e. The highest BCUT2D eigenvalue weighted by Crippen LogP contribution is 2.16. The Morgan fingerprint density at radius 3 is 3.00 bits per heavy atom. The van der Waals surface area contributed by atoms with Gasteiger partial charge in [0.15, 0.2) is 5.76 Å². The van der Waals surface area contributed by atoms with Crippen molar-refractivity contribution in [2.45, 2.75) is 19.4 Å². The first-order valence-electron chi connectivity index (χ1n) is 6.83. The average Bonchev–Trinajstić information content (AvgIpc) is 3.22. The molecule has 0 aliphatic rings. The van der Waals surface area contributed by atoms with E-state index in [1.165, 1.54) is 6.26 Å². The van der Waals surface area contributed by atoms with Gasteiger partial charge in [0, 0.05) is 31.8 Å². The molecule has 0 aliphatic heterocycles. The van der Waals surface area contributed by atoms with Crippen molar-refractivity contribution >= 4 is 5.91 Å². The lowest BCUT2D eigenvalue weighted by Crippen LogP contribution is -2.23. The van der Waals surface area contributed by atoms with E-state index >= 15 is 0 Å². The monoisotopic (exact) mass is 298 g/mol. The predicted octanol–water partition coefficient (Wildman–Crippen LogP) is 1.97. The molecule has 22 heavy (non-hydrogen) atoms. The van der Waals surface area contributed by atoms with Gasteiger partial charge in [-0.1, -0.05) is 11.2 Å². The minimum absolute atomic E-state index is 0.0819. The fourth-order valence-electron chi connectivity index (χ4n) is 1.87. The van der Waals surface area contributed by atoms with Crippen LogP contribution in [0.15, 0.2) is 51.9 Å². The molecule has 0 unspecified atom stereocenters. The molecule has 0 saturated heterocycles. The number of hydrogen-bond donors (Lipinski definition) is 1. The Morgan fingerprint density at radius 2 is 2.23 bits per heavy atom. The molecule has 0 fully saturated rings. The Hall–Kier alpha value is -2.96. The standard InChI is InChI=1S/C15H14N4O3/c20-13(17-10-11-3-1-7-16-9-11)5-6-14-18-15(19-22-14)12-4-2-8-21-12/h1-4,7-9H,5-6,10H2,(H,17,20). The molecule has 0 spiro atoms. The summed E-state index contributed by atoms with van der Waals surface area (Å²) in [6, 6.07) is 7.23. The van der Waals surface area contributed by atoms with Gasteiger partial charge in [0.25, 0.3) is 0 Å². The zero-order valence-corrected chi connectivity index (χ0v) is 11.7. The molecule has 0 bridgehead atoms. The maximum atomic E-state index is 11.8. The van der Waals surface area contributed by atoms with Crippen LogP contribution in [0.2, 0.25) is 0 Å². The zero-order chi connectivity index (χ0) is 15.2. The van der Waals surface area contributed by atoms with Gasteiger partial charge < -0.3 is 14.3 Å². The Labute approximate surface area is 126 Å². The van der Waals surface area contributed by atoms with Crippen molar-refractivity contribution in [2.24, 2.45) is 0 Å². The molecule has 1 amide bonds. The topological polar surface area (TPSA) is 94.0 Å². The summed E-state index contributed by atoms with van der Waals surface area (Å²) in [4.78, 5) is 20.0. The Kier molecular flexibility index (Phi) is 4.24. The minimum Gasteiger partial charge on any atom is -0.461 e. The first-order chi connectivity index (χ1) is 10.8. The second-order valence-corrected chi connectivity index (χ2v) is 4.63. The van der Waals surface area contributed by atoms with E-state index in [1.807, 2.05) is 12.1 Å². The van der Waals surface area contributed by atoms with E-state index in [4.69, 9.17) is 8.94 Å². The normalized spacial score (nSPS) is 10.5. The smallest absolute Gasteiger partial charge is 0.238 e. The predicted molar refractivity (Wildman–Crippen MR) is 76.4 cm³/mol. The van der Waals surface area contributed by atoms with Crippen LogP contribution < -0.4 is 5.32 Å². The van der Waals surface area contributed by atoms with E-state index < -0.39 is 0 Å². The number of carbonyl (C=O) groups is 1. The quantitative estimate of drug-likeness (QED) is 0.747. The highest BCUT2D eigenvalue weighted by Gasteiger charge is 2.12. The lowest BCUT2D eigenvalue weighted by Gasteiger charge is -2.03. The summed E-state index contributed by atoms with van der Waals surface area (Å²) in [6.07, 6.45) is 5.61. The molecule has 112 valence electrons. The van der Waals surface area contributed by atoms with E-state index in [0.717, 1.165) is 5.56 Å². The third-order valence-corrected chi connectivity index (χ3v) is 2.99. The van der Waals surface area contributed by atoms with E-state index in [1.54, 1.807) is 24.5 Å². The van der Waals surface area contributed by atoms with Gasteiger partial charge in [-0.05, 0) is 23.8 Å². The van der Waals surface area contributed by atoms with Crippen molar-refractivity contribution in [2.75, 3.05) is 0 Å².